The molecule has 0 aliphatic heterocycles. The SMILES string of the molecule is CC1CCC(OCCCC(C)(C)C(=N)N)CC1C. The van der Waals surface area contributed by atoms with Crippen molar-refractivity contribution in [1.82, 2.24) is 0 Å². The summed E-state index contributed by atoms with van der Waals surface area (Å²) in [6.07, 6.45) is 6.09. The summed E-state index contributed by atoms with van der Waals surface area (Å²) < 4.78 is 5.97. The molecule has 0 heterocycles. The van der Waals surface area contributed by atoms with E-state index in [-0.39, 0.29) is 11.3 Å². The Balaban J connectivity index is 2.17. The molecule has 106 valence electrons. The highest BCUT2D eigenvalue weighted by molar-refractivity contribution is 5.82. The number of amidine groups is 1. The van der Waals surface area contributed by atoms with E-state index in [0.717, 1.165) is 31.3 Å². The molecule has 18 heavy (non-hydrogen) atoms. The summed E-state index contributed by atoms with van der Waals surface area (Å²) in [6, 6.07) is 0. The van der Waals surface area contributed by atoms with Crippen molar-refractivity contribution in [2.24, 2.45) is 23.0 Å². The molecule has 3 N–H and O–H groups in total. The lowest BCUT2D eigenvalue weighted by atomic mass is 9.80. The number of ether oxygens (including phenoxy) is 1. The quantitative estimate of drug-likeness (QED) is 0.432. The van der Waals surface area contributed by atoms with E-state index in [1.54, 1.807) is 0 Å². The van der Waals surface area contributed by atoms with Crippen LogP contribution in [0, 0.1) is 22.7 Å². The number of rotatable bonds is 6. The molecule has 0 amide bonds. The van der Waals surface area contributed by atoms with Crippen LogP contribution in [0.2, 0.25) is 0 Å². The molecule has 0 aromatic rings. The van der Waals surface area contributed by atoms with E-state index in [1.165, 1.54) is 19.3 Å². The van der Waals surface area contributed by atoms with Gasteiger partial charge >= 0.3 is 0 Å². The van der Waals surface area contributed by atoms with Crippen LogP contribution in [0.3, 0.4) is 0 Å². The average Bonchev–Trinajstić information content (AvgIpc) is 2.29. The third-order valence-electron chi connectivity index (χ3n) is 4.58. The Morgan fingerprint density at radius 2 is 1.94 bits per heavy atom. The first-order chi connectivity index (χ1) is 8.33. The normalized spacial score (nSPS) is 29.2. The predicted octanol–water partition coefficient (Wildman–Crippen LogP) is 3.57. The summed E-state index contributed by atoms with van der Waals surface area (Å²) in [5.74, 6) is 1.92. The Bertz CT molecular complexity index is 276. The monoisotopic (exact) mass is 254 g/mol. The van der Waals surface area contributed by atoms with Gasteiger partial charge in [-0.3, -0.25) is 5.41 Å². The molecule has 3 nitrogen and oxygen atoms in total. The van der Waals surface area contributed by atoms with Crippen molar-refractivity contribution >= 4 is 5.84 Å². The first kappa shape index (κ1) is 15.5. The molecule has 1 rings (SSSR count). The summed E-state index contributed by atoms with van der Waals surface area (Å²) >= 11 is 0. The van der Waals surface area contributed by atoms with Gasteiger partial charge in [-0.2, -0.15) is 0 Å². The van der Waals surface area contributed by atoms with Crippen molar-refractivity contribution < 1.29 is 4.74 Å². The van der Waals surface area contributed by atoms with Crippen LogP contribution < -0.4 is 5.73 Å². The molecule has 0 radical (unpaired) electrons. The molecular weight excluding hydrogens is 224 g/mol. The van der Waals surface area contributed by atoms with Gasteiger partial charge in [-0.05, 0) is 43.9 Å². The smallest absolute Gasteiger partial charge is 0.0963 e. The zero-order valence-electron chi connectivity index (χ0n) is 12.5. The molecule has 3 atom stereocenters. The number of hydrogen-bond donors (Lipinski definition) is 2. The zero-order chi connectivity index (χ0) is 13.8. The Morgan fingerprint density at radius 1 is 1.28 bits per heavy atom. The lowest BCUT2D eigenvalue weighted by molar-refractivity contribution is -0.000362. The first-order valence-electron chi connectivity index (χ1n) is 7.29. The summed E-state index contributed by atoms with van der Waals surface area (Å²) in [5.41, 5.74) is 5.39. The standard InChI is InChI=1S/C15H30N2O/c1-11-6-7-13(10-12(11)2)18-9-5-8-15(3,4)14(16)17/h11-13H,5-10H2,1-4H3,(H3,16,17). The minimum atomic E-state index is -0.183. The predicted molar refractivity (Wildman–Crippen MR) is 76.8 cm³/mol. The van der Waals surface area contributed by atoms with Crippen molar-refractivity contribution in [3.8, 4) is 0 Å². The largest absolute Gasteiger partial charge is 0.387 e. The molecule has 0 spiro atoms. The van der Waals surface area contributed by atoms with Crippen LogP contribution in [0.1, 0.15) is 59.8 Å². The molecular formula is C15H30N2O. The molecule has 0 saturated heterocycles. The number of nitrogens with one attached hydrogen (secondary N) is 1. The van der Waals surface area contributed by atoms with Crippen molar-refractivity contribution in [2.45, 2.75) is 65.9 Å². The van der Waals surface area contributed by atoms with E-state index in [1.807, 2.05) is 13.8 Å². The number of nitrogens with two attached hydrogens (primary N) is 1. The van der Waals surface area contributed by atoms with Gasteiger partial charge in [0, 0.05) is 12.0 Å². The molecule has 1 aliphatic rings. The van der Waals surface area contributed by atoms with Crippen molar-refractivity contribution in [3.05, 3.63) is 0 Å². The summed E-state index contributed by atoms with van der Waals surface area (Å²) in [5, 5.41) is 7.51. The Labute approximate surface area is 112 Å². The second kappa shape index (κ2) is 6.55. The highest BCUT2D eigenvalue weighted by Gasteiger charge is 2.25. The van der Waals surface area contributed by atoms with Gasteiger partial charge in [0.05, 0.1) is 11.9 Å². The summed E-state index contributed by atoms with van der Waals surface area (Å²) in [7, 11) is 0. The van der Waals surface area contributed by atoms with E-state index in [2.05, 4.69) is 13.8 Å². The van der Waals surface area contributed by atoms with Gasteiger partial charge in [0.2, 0.25) is 0 Å². The Kier molecular flexibility index (Phi) is 5.64. The second-order valence-corrected chi connectivity index (χ2v) is 6.66. The van der Waals surface area contributed by atoms with Crippen LogP contribution in [0.25, 0.3) is 0 Å². The van der Waals surface area contributed by atoms with E-state index >= 15 is 0 Å². The minimum absolute atomic E-state index is 0.183. The highest BCUT2D eigenvalue weighted by atomic mass is 16.5. The number of hydrogen-bond acceptors (Lipinski definition) is 2. The van der Waals surface area contributed by atoms with Gasteiger partial charge in [-0.25, -0.2) is 0 Å². The van der Waals surface area contributed by atoms with E-state index in [0.29, 0.717) is 6.10 Å². The van der Waals surface area contributed by atoms with Crippen LogP contribution in [-0.4, -0.2) is 18.5 Å². The molecule has 0 aromatic carbocycles. The average molecular weight is 254 g/mol. The molecule has 1 saturated carbocycles. The zero-order valence-corrected chi connectivity index (χ0v) is 12.5. The highest BCUT2D eigenvalue weighted by Crippen LogP contribution is 2.31. The first-order valence-corrected chi connectivity index (χ1v) is 7.29. The van der Waals surface area contributed by atoms with E-state index in [4.69, 9.17) is 15.9 Å². The maximum atomic E-state index is 7.51. The lowest BCUT2D eigenvalue weighted by Gasteiger charge is -2.32. The van der Waals surface area contributed by atoms with Crippen LogP contribution in [-0.2, 0) is 4.74 Å². The molecule has 3 heteroatoms. The van der Waals surface area contributed by atoms with Crippen molar-refractivity contribution in [1.29, 1.82) is 5.41 Å². The summed E-state index contributed by atoms with van der Waals surface area (Å²) in [4.78, 5) is 0. The van der Waals surface area contributed by atoms with Crippen LogP contribution in [0.15, 0.2) is 0 Å². The third kappa shape index (κ3) is 4.60. The topological polar surface area (TPSA) is 59.1 Å². The fraction of sp³-hybridized carbons (Fsp3) is 0.933. The minimum Gasteiger partial charge on any atom is -0.387 e. The van der Waals surface area contributed by atoms with Gasteiger partial charge in [-0.15, -0.1) is 0 Å². The van der Waals surface area contributed by atoms with Gasteiger partial charge in [-0.1, -0.05) is 27.7 Å². The third-order valence-corrected chi connectivity index (χ3v) is 4.58. The Morgan fingerprint density at radius 3 is 2.50 bits per heavy atom. The van der Waals surface area contributed by atoms with Crippen molar-refractivity contribution in [2.75, 3.05) is 6.61 Å². The van der Waals surface area contributed by atoms with Crippen LogP contribution >= 0.6 is 0 Å². The van der Waals surface area contributed by atoms with Gasteiger partial charge in [0.1, 0.15) is 0 Å². The molecule has 0 aromatic heterocycles. The second-order valence-electron chi connectivity index (χ2n) is 6.66. The van der Waals surface area contributed by atoms with Gasteiger partial charge < -0.3 is 10.5 Å². The maximum Gasteiger partial charge on any atom is 0.0963 e. The fourth-order valence-corrected chi connectivity index (χ4v) is 2.55. The van der Waals surface area contributed by atoms with E-state index in [9.17, 15) is 0 Å². The van der Waals surface area contributed by atoms with E-state index < -0.39 is 0 Å². The molecule has 0 bridgehead atoms. The fourth-order valence-electron chi connectivity index (χ4n) is 2.55. The van der Waals surface area contributed by atoms with Crippen molar-refractivity contribution in [3.63, 3.8) is 0 Å². The maximum absolute atomic E-state index is 7.51. The molecule has 1 fully saturated rings. The lowest BCUT2D eigenvalue weighted by Crippen LogP contribution is -2.31. The molecule has 3 unspecified atom stereocenters. The van der Waals surface area contributed by atoms with Gasteiger partial charge in [0.25, 0.3) is 0 Å². The Hall–Kier alpha value is -0.570. The van der Waals surface area contributed by atoms with Crippen LogP contribution in [0.4, 0.5) is 0 Å². The summed E-state index contributed by atoms with van der Waals surface area (Å²) in [6.45, 7) is 9.54. The van der Waals surface area contributed by atoms with Gasteiger partial charge in [0.15, 0.2) is 0 Å². The molecule has 1 aliphatic carbocycles. The van der Waals surface area contributed by atoms with Crippen LogP contribution in [0.5, 0.6) is 0 Å².